The van der Waals surface area contributed by atoms with Gasteiger partial charge in [0.05, 0.1) is 25.0 Å². The monoisotopic (exact) mass is 299 g/mol. The van der Waals surface area contributed by atoms with E-state index in [4.69, 9.17) is 4.74 Å². The van der Waals surface area contributed by atoms with E-state index in [1.165, 1.54) is 17.3 Å². The van der Waals surface area contributed by atoms with Gasteiger partial charge < -0.3 is 9.64 Å². The first-order valence-electron chi connectivity index (χ1n) is 7.20. The van der Waals surface area contributed by atoms with Gasteiger partial charge in [0.2, 0.25) is 0 Å². The second kappa shape index (κ2) is 8.32. The molecule has 2 heterocycles. The molecule has 0 saturated heterocycles. The third-order valence-corrected chi connectivity index (χ3v) is 3.88. The Morgan fingerprint density at radius 1 is 1.30 bits per heavy atom. The lowest BCUT2D eigenvalue weighted by Gasteiger charge is -2.22. The smallest absolute Gasteiger partial charge is 0.253 e. The van der Waals surface area contributed by atoms with Gasteiger partial charge in [-0.1, -0.05) is 12.5 Å². The zero-order valence-corrected chi connectivity index (χ0v) is 12.8. The third-order valence-electron chi connectivity index (χ3n) is 3.37. The molecule has 0 aliphatic carbocycles. The highest BCUT2D eigenvalue weighted by molar-refractivity contribution is 6.99. The molecule has 0 spiro atoms. The highest BCUT2D eigenvalue weighted by atomic mass is 32.1. The van der Waals surface area contributed by atoms with Gasteiger partial charge in [-0.25, -0.2) is 0 Å². The summed E-state index contributed by atoms with van der Waals surface area (Å²) < 4.78 is 26.3. The first kappa shape index (κ1) is 15.4. The highest BCUT2D eigenvalue weighted by Gasteiger charge is 2.18. The van der Waals surface area contributed by atoms with Crippen LogP contribution in [0.3, 0.4) is 0 Å². The van der Waals surface area contributed by atoms with Crippen LogP contribution in [0.1, 0.15) is 37.8 Å². The number of hydrogen-bond donors (Lipinski definition) is 0. The van der Waals surface area contributed by atoms with Gasteiger partial charge in [0, 0.05) is 13.1 Å². The fourth-order valence-electron chi connectivity index (χ4n) is 2.26. The van der Waals surface area contributed by atoms with E-state index in [0.717, 1.165) is 44.5 Å². The van der Waals surface area contributed by atoms with E-state index in [1.54, 1.807) is 0 Å². The largest absolute Gasteiger partial charge is 0.475 e. The third kappa shape index (κ3) is 4.52. The molecular formula is C14H22FN3OS. The Morgan fingerprint density at radius 3 is 2.95 bits per heavy atom. The van der Waals surface area contributed by atoms with E-state index in [9.17, 15) is 4.39 Å². The van der Waals surface area contributed by atoms with Crippen molar-refractivity contribution in [1.29, 1.82) is 0 Å². The molecule has 1 aromatic rings. The summed E-state index contributed by atoms with van der Waals surface area (Å²) in [5.41, 5.74) is 2.10. The van der Waals surface area contributed by atoms with E-state index in [2.05, 4.69) is 26.8 Å². The van der Waals surface area contributed by atoms with Gasteiger partial charge >= 0.3 is 0 Å². The van der Waals surface area contributed by atoms with Gasteiger partial charge in [-0.05, 0) is 38.3 Å². The van der Waals surface area contributed by atoms with Gasteiger partial charge in [-0.3, -0.25) is 4.39 Å². The molecule has 0 bridgehead atoms. The molecule has 2 rings (SSSR count). The van der Waals surface area contributed by atoms with Crippen LogP contribution in [-0.2, 0) is 0 Å². The molecule has 6 heteroatoms. The van der Waals surface area contributed by atoms with E-state index < -0.39 is 0 Å². The molecule has 20 heavy (non-hydrogen) atoms. The number of aromatic nitrogens is 2. The summed E-state index contributed by atoms with van der Waals surface area (Å²) in [4.78, 5) is 2.27. The molecule has 0 N–H and O–H groups in total. The number of alkyl halides is 1. The molecule has 0 amide bonds. The number of likely N-dealkylation sites (N-methyl/N-ethyl adjacent to an activating group) is 1. The standard InChI is InChI=1S/C14H22FN3OS/c1-18-9-6-7-12(11-18)13-14(17-20-16-13)19-10-5-3-2-4-8-15/h7H,2-6,8-11H2,1H3. The van der Waals surface area contributed by atoms with Crippen LogP contribution < -0.4 is 4.74 Å². The lowest BCUT2D eigenvalue weighted by molar-refractivity contribution is 0.293. The number of hydrogen-bond acceptors (Lipinski definition) is 5. The maximum absolute atomic E-state index is 12.0. The van der Waals surface area contributed by atoms with Crippen molar-refractivity contribution in [2.45, 2.75) is 32.1 Å². The van der Waals surface area contributed by atoms with Crippen molar-refractivity contribution in [1.82, 2.24) is 13.6 Å². The van der Waals surface area contributed by atoms with Crippen molar-refractivity contribution < 1.29 is 9.13 Å². The van der Waals surface area contributed by atoms with Crippen LogP contribution in [0.2, 0.25) is 0 Å². The summed E-state index contributed by atoms with van der Waals surface area (Å²) in [5, 5.41) is 0. The topological polar surface area (TPSA) is 38.2 Å². The first-order valence-corrected chi connectivity index (χ1v) is 7.93. The molecular weight excluding hydrogens is 277 g/mol. The number of nitrogens with zero attached hydrogens (tertiary/aromatic N) is 3. The minimum atomic E-state index is -0.220. The van der Waals surface area contributed by atoms with Crippen molar-refractivity contribution in [3.63, 3.8) is 0 Å². The second-order valence-corrected chi connectivity index (χ2v) is 5.65. The van der Waals surface area contributed by atoms with Crippen LogP contribution in [0.15, 0.2) is 6.08 Å². The van der Waals surface area contributed by atoms with Crippen molar-refractivity contribution >= 4 is 17.3 Å². The molecule has 0 radical (unpaired) electrons. The molecule has 1 aromatic heterocycles. The molecule has 0 unspecified atom stereocenters. The average molecular weight is 299 g/mol. The van der Waals surface area contributed by atoms with E-state index in [0.29, 0.717) is 18.9 Å². The van der Waals surface area contributed by atoms with Crippen molar-refractivity contribution in [2.24, 2.45) is 0 Å². The second-order valence-electron chi connectivity index (χ2n) is 5.13. The fourth-order valence-corrected chi connectivity index (χ4v) is 2.79. The van der Waals surface area contributed by atoms with Crippen molar-refractivity contribution in [2.75, 3.05) is 33.4 Å². The summed E-state index contributed by atoms with van der Waals surface area (Å²) in [7, 11) is 2.11. The quantitative estimate of drug-likeness (QED) is 0.691. The number of unbranched alkanes of at least 4 members (excludes halogenated alkanes) is 3. The van der Waals surface area contributed by atoms with Crippen LogP contribution in [0.25, 0.3) is 5.57 Å². The Bertz CT molecular complexity index is 436. The summed E-state index contributed by atoms with van der Waals surface area (Å²) in [6.07, 6.45) is 6.80. The van der Waals surface area contributed by atoms with Crippen LogP contribution in [0.5, 0.6) is 5.88 Å². The number of rotatable bonds is 8. The Balaban J connectivity index is 1.81. The lowest BCUT2D eigenvalue weighted by Crippen LogP contribution is -2.25. The van der Waals surface area contributed by atoms with Gasteiger partial charge in [0.25, 0.3) is 5.88 Å². The van der Waals surface area contributed by atoms with E-state index >= 15 is 0 Å². The average Bonchev–Trinajstić information content (AvgIpc) is 2.91. The molecule has 0 aromatic carbocycles. The number of halogens is 1. The predicted molar refractivity (Wildman–Crippen MR) is 79.9 cm³/mol. The Kier molecular flexibility index (Phi) is 6.39. The fraction of sp³-hybridized carbons (Fsp3) is 0.714. The Hall–Kier alpha value is -1.01. The summed E-state index contributed by atoms with van der Waals surface area (Å²) in [6, 6.07) is 0. The molecule has 0 saturated carbocycles. The summed E-state index contributed by atoms with van der Waals surface area (Å²) in [5.74, 6) is 0.655. The SMILES string of the molecule is CN1CCC=C(c2nsnc2OCCCCCCF)C1. The summed E-state index contributed by atoms with van der Waals surface area (Å²) in [6.45, 7) is 2.40. The molecule has 4 nitrogen and oxygen atoms in total. The minimum Gasteiger partial charge on any atom is -0.475 e. The van der Waals surface area contributed by atoms with E-state index in [1.807, 2.05) is 0 Å². The summed E-state index contributed by atoms with van der Waals surface area (Å²) >= 11 is 1.20. The van der Waals surface area contributed by atoms with Gasteiger partial charge in [-0.2, -0.15) is 4.37 Å². The van der Waals surface area contributed by atoms with Gasteiger partial charge in [-0.15, -0.1) is 4.37 Å². The van der Waals surface area contributed by atoms with E-state index in [-0.39, 0.29) is 6.67 Å². The maximum atomic E-state index is 12.0. The zero-order valence-electron chi connectivity index (χ0n) is 12.0. The van der Waals surface area contributed by atoms with Crippen LogP contribution in [-0.4, -0.2) is 47.1 Å². The Labute approximate surface area is 124 Å². The van der Waals surface area contributed by atoms with Crippen LogP contribution in [0, 0.1) is 0 Å². The highest BCUT2D eigenvalue weighted by Crippen LogP contribution is 2.27. The zero-order chi connectivity index (χ0) is 14.2. The molecule has 112 valence electrons. The molecule has 1 aliphatic heterocycles. The van der Waals surface area contributed by atoms with Crippen LogP contribution >= 0.6 is 11.7 Å². The maximum Gasteiger partial charge on any atom is 0.253 e. The molecule has 0 atom stereocenters. The molecule has 1 aliphatic rings. The van der Waals surface area contributed by atoms with Crippen molar-refractivity contribution in [3.8, 4) is 5.88 Å². The normalized spacial score (nSPS) is 16.2. The van der Waals surface area contributed by atoms with Crippen molar-refractivity contribution in [3.05, 3.63) is 11.8 Å². The minimum absolute atomic E-state index is 0.220. The van der Waals surface area contributed by atoms with Gasteiger partial charge in [0.1, 0.15) is 5.69 Å². The van der Waals surface area contributed by atoms with Gasteiger partial charge in [0.15, 0.2) is 0 Å². The Morgan fingerprint density at radius 2 is 2.15 bits per heavy atom. The number of ether oxygens (including phenoxy) is 1. The molecule has 0 fully saturated rings. The van der Waals surface area contributed by atoms with Crippen LogP contribution in [0.4, 0.5) is 4.39 Å². The lowest BCUT2D eigenvalue weighted by atomic mass is 10.1. The predicted octanol–water partition coefficient (Wildman–Crippen LogP) is 3.17. The first-order chi connectivity index (χ1) is 9.81.